The Morgan fingerprint density at radius 2 is 2.10 bits per heavy atom. The summed E-state index contributed by atoms with van der Waals surface area (Å²) in [6.45, 7) is 5.32. The zero-order valence-corrected chi connectivity index (χ0v) is 13.3. The zero-order chi connectivity index (χ0) is 15.4. The lowest BCUT2D eigenvalue weighted by atomic mass is 9.94. The molecule has 0 aliphatic carbocycles. The SMILES string of the molecule is Cc1ccc(C(C)NC(=O)N2CCC(CC(=O)O)CC2)s1. The lowest BCUT2D eigenvalue weighted by Gasteiger charge is -2.32. The minimum atomic E-state index is -0.750. The standard InChI is InChI=1S/C15H22N2O3S/c1-10-3-4-13(21-10)11(2)16-15(20)17-7-5-12(6-8-17)9-14(18)19/h3-4,11-12H,5-9H2,1-2H3,(H,16,20)(H,18,19). The van der Waals surface area contributed by atoms with Gasteiger partial charge < -0.3 is 15.3 Å². The number of likely N-dealkylation sites (tertiary alicyclic amines) is 1. The summed E-state index contributed by atoms with van der Waals surface area (Å²) < 4.78 is 0. The summed E-state index contributed by atoms with van der Waals surface area (Å²) >= 11 is 1.69. The van der Waals surface area contributed by atoms with Crippen LogP contribution < -0.4 is 5.32 Å². The fourth-order valence-electron chi connectivity index (χ4n) is 2.62. The highest BCUT2D eigenvalue weighted by molar-refractivity contribution is 7.12. The number of thiophene rings is 1. The highest BCUT2D eigenvalue weighted by atomic mass is 32.1. The van der Waals surface area contributed by atoms with Crippen molar-refractivity contribution in [2.45, 2.75) is 39.2 Å². The number of carboxylic acids is 1. The van der Waals surface area contributed by atoms with Gasteiger partial charge in [-0.1, -0.05) is 0 Å². The van der Waals surface area contributed by atoms with E-state index in [9.17, 15) is 9.59 Å². The van der Waals surface area contributed by atoms with Crippen LogP contribution in [0.25, 0.3) is 0 Å². The van der Waals surface area contributed by atoms with Crippen LogP contribution in [0.2, 0.25) is 0 Å². The van der Waals surface area contributed by atoms with Gasteiger partial charge in [0.2, 0.25) is 0 Å². The maximum absolute atomic E-state index is 12.2. The molecule has 0 radical (unpaired) electrons. The van der Waals surface area contributed by atoms with Crippen molar-refractivity contribution in [3.63, 3.8) is 0 Å². The van der Waals surface area contributed by atoms with Crippen molar-refractivity contribution >= 4 is 23.3 Å². The Hall–Kier alpha value is -1.56. The molecule has 1 aliphatic heterocycles. The van der Waals surface area contributed by atoms with E-state index in [2.05, 4.69) is 18.3 Å². The van der Waals surface area contributed by atoms with Crippen LogP contribution in [-0.4, -0.2) is 35.1 Å². The first-order chi connectivity index (χ1) is 9.95. The number of hydrogen-bond donors (Lipinski definition) is 2. The molecule has 1 atom stereocenters. The van der Waals surface area contributed by atoms with Crippen LogP contribution in [0.3, 0.4) is 0 Å². The number of carboxylic acid groups (broad SMARTS) is 1. The van der Waals surface area contributed by atoms with E-state index in [0.717, 1.165) is 17.7 Å². The van der Waals surface area contributed by atoms with E-state index >= 15 is 0 Å². The number of nitrogens with one attached hydrogen (secondary N) is 1. The number of urea groups is 1. The Kier molecular flexibility index (Phi) is 5.22. The molecule has 21 heavy (non-hydrogen) atoms. The number of carbonyl (C=O) groups is 2. The van der Waals surface area contributed by atoms with Crippen LogP contribution in [0.15, 0.2) is 12.1 Å². The van der Waals surface area contributed by atoms with Crippen LogP contribution in [-0.2, 0) is 4.79 Å². The van der Waals surface area contributed by atoms with Gasteiger partial charge in [0, 0.05) is 29.3 Å². The number of rotatable bonds is 4. The molecule has 0 saturated carbocycles. The molecule has 6 heteroatoms. The molecule has 1 aromatic heterocycles. The molecule has 1 fully saturated rings. The van der Waals surface area contributed by atoms with Crippen molar-refractivity contribution in [1.82, 2.24) is 10.2 Å². The van der Waals surface area contributed by atoms with Crippen molar-refractivity contribution in [2.75, 3.05) is 13.1 Å². The number of amides is 2. The molecule has 0 aromatic carbocycles. The van der Waals surface area contributed by atoms with Crippen molar-refractivity contribution in [3.05, 3.63) is 21.9 Å². The van der Waals surface area contributed by atoms with Gasteiger partial charge in [0.1, 0.15) is 0 Å². The van der Waals surface area contributed by atoms with Gasteiger partial charge in [0.05, 0.1) is 6.04 Å². The minimum Gasteiger partial charge on any atom is -0.481 e. The lowest BCUT2D eigenvalue weighted by molar-refractivity contribution is -0.138. The summed E-state index contributed by atoms with van der Waals surface area (Å²) in [7, 11) is 0. The molecule has 1 unspecified atom stereocenters. The second kappa shape index (κ2) is 6.93. The number of hydrogen-bond acceptors (Lipinski definition) is 3. The Morgan fingerprint density at radius 3 is 2.62 bits per heavy atom. The van der Waals surface area contributed by atoms with Crippen molar-refractivity contribution in [1.29, 1.82) is 0 Å². The van der Waals surface area contributed by atoms with Crippen molar-refractivity contribution in [2.24, 2.45) is 5.92 Å². The topological polar surface area (TPSA) is 69.6 Å². The van der Waals surface area contributed by atoms with Gasteiger partial charge in [0.15, 0.2) is 0 Å². The van der Waals surface area contributed by atoms with Crippen molar-refractivity contribution in [3.8, 4) is 0 Å². The zero-order valence-electron chi connectivity index (χ0n) is 12.5. The van der Waals surface area contributed by atoms with E-state index in [1.165, 1.54) is 4.88 Å². The molecule has 2 N–H and O–H groups in total. The number of piperidine rings is 1. The van der Waals surface area contributed by atoms with Crippen LogP contribution in [0.4, 0.5) is 4.79 Å². The summed E-state index contributed by atoms with van der Waals surface area (Å²) in [6.07, 6.45) is 1.75. The Morgan fingerprint density at radius 1 is 1.43 bits per heavy atom. The largest absolute Gasteiger partial charge is 0.481 e. The van der Waals surface area contributed by atoms with Gasteiger partial charge in [-0.3, -0.25) is 4.79 Å². The van der Waals surface area contributed by atoms with Gasteiger partial charge in [-0.15, -0.1) is 11.3 Å². The van der Waals surface area contributed by atoms with Crippen LogP contribution in [0.1, 0.15) is 42.0 Å². The summed E-state index contributed by atoms with van der Waals surface area (Å²) in [6, 6.07) is 4.06. The molecule has 1 saturated heterocycles. The van der Waals surface area contributed by atoms with E-state index in [4.69, 9.17) is 5.11 Å². The fraction of sp³-hybridized carbons (Fsp3) is 0.600. The number of aliphatic carboxylic acids is 1. The lowest BCUT2D eigenvalue weighted by Crippen LogP contribution is -2.45. The summed E-state index contributed by atoms with van der Waals surface area (Å²) in [5.41, 5.74) is 0. The smallest absolute Gasteiger partial charge is 0.317 e. The molecule has 2 heterocycles. The average molecular weight is 310 g/mol. The summed E-state index contributed by atoms with van der Waals surface area (Å²) in [5.74, 6) is -0.552. The minimum absolute atomic E-state index is 0.00735. The van der Waals surface area contributed by atoms with Gasteiger partial charge >= 0.3 is 12.0 Å². The second-order valence-electron chi connectivity index (χ2n) is 5.65. The number of nitrogens with zero attached hydrogens (tertiary/aromatic N) is 1. The van der Waals surface area contributed by atoms with Crippen LogP contribution in [0, 0.1) is 12.8 Å². The number of aryl methyl sites for hydroxylation is 1. The average Bonchev–Trinajstić information content (AvgIpc) is 2.85. The molecular formula is C15H22N2O3S. The van der Waals surface area contributed by atoms with Crippen LogP contribution >= 0.6 is 11.3 Å². The molecule has 2 rings (SSSR count). The van der Waals surface area contributed by atoms with E-state index in [0.29, 0.717) is 13.1 Å². The highest BCUT2D eigenvalue weighted by Crippen LogP contribution is 2.24. The molecular weight excluding hydrogens is 288 g/mol. The Bertz CT molecular complexity index is 507. The monoisotopic (exact) mass is 310 g/mol. The normalized spacial score (nSPS) is 17.5. The summed E-state index contributed by atoms with van der Waals surface area (Å²) in [4.78, 5) is 27.1. The molecule has 116 valence electrons. The molecule has 1 aliphatic rings. The van der Waals surface area contributed by atoms with Crippen LogP contribution in [0.5, 0.6) is 0 Å². The van der Waals surface area contributed by atoms with E-state index in [1.807, 2.05) is 13.0 Å². The maximum Gasteiger partial charge on any atom is 0.317 e. The highest BCUT2D eigenvalue weighted by Gasteiger charge is 2.25. The third kappa shape index (κ3) is 4.46. The Labute approximate surface area is 129 Å². The number of carbonyl (C=O) groups excluding carboxylic acids is 1. The van der Waals surface area contributed by atoms with E-state index in [1.54, 1.807) is 16.2 Å². The van der Waals surface area contributed by atoms with E-state index in [-0.39, 0.29) is 24.4 Å². The molecule has 2 amide bonds. The first-order valence-electron chi connectivity index (χ1n) is 7.29. The Balaban J connectivity index is 1.80. The maximum atomic E-state index is 12.2. The second-order valence-corrected chi connectivity index (χ2v) is 6.97. The third-order valence-electron chi connectivity index (χ3n) is 3.89. The first-order valence-corrected chi connectivity index (χ1v) is 8.11. The van der Waals surface area contributed by atoms with E-state index < -0.39 is 5.97 Å². The molecule has 0 spiro atoms. The van der Waals surface area contributed by atoms with Gasteiger partial charge in [-0.25, -0.2) is 4.79 Å². The molecule has 0 bridgehead atoms. The quantitative estimate of drug-likeness (QED) is 0.898. The first kappa shape index (κ1) is 15.8. The molecule has 5 nitrogen and oxygen atoms in total. The summed E-state index contributed by atoms with van der Waals surface area (Å²) in [5, 5.41) is 11.8. The fourth-order valence-corrected chi connectivity index (χ4v) is 3.50. The predicted molar refractivity (Wildman–Crippen MR) is 82.6 cm³/mol. The van der Waals surface area contributed by atoms with Gasteiger partial charge in [-0.2, -0.15) is 0 Å². The van der Waals surface area contributed by atoms with Gasteiger partial charge in [0.25, 0.3) is 0 Å². The molecule has 1 aromatic rings. The third-order valence-corrected chi connectivity index (χ3v) is 5.08. The van der Waals surface area contributed by atoms with Crippen molar-refractivity contribution < 1.29 is 14.7 Å². The predicted octanol–water partition coefficient (Wildman–Crippen LogP) is 3.01. The van der Waals surface area contributed by atoms with Gasteiger partial charge in [-0.05, 0) is 44.7 Å².